The maximum atomic E-state index is 12.3. The third-order valence-electron chi connectivity index (χ3n) is 2.98. The number of rotatable bonds is 5. The van der Waals surface area contributed by atoms with Crippen molar-refractivity contribution < 1.29 is 13.2 Å². The van der Waals surface area contributed by atoms with Gasteiger partial charge in [0.05, 0.1) is 4.90 Å². The molecule has 122 valence electrons. The van der Waals surface area contributed by atoms with Gasteiger partial charge in [-0.05, 0) is 37.3 Å². The summed E-state index contributed by atoms with van der Waals surface area (Å²) in [5.41, 5.74) is 1.19. The molecule has 0 spiro atoms. The molecule has 0 aliphatic rings. The quantitative estimate of drug-likeness (QED) is 0.873. The maximum absolute atomic E-state index is 12.3. The molecule has 0 aliphatic heterocycles. The molecule has 1 amide bonds. The van der Waals surface area contributed by atoms with E-state index in [4.69, 9.17) is 0 Å². The summed E-state index contributed by atoms with van der Waals surface area (Å²) in [6, 6.07) is 7.56. The van der Waals surface area contributed by atoms with E-state index >= 15 is 0 Å². The van der Waals surface area contributed by atoms with Gasteiger partial charge in [0, 0.05) is 23.5 Å². The van der Waals surface area contributed by atoms with Crippen LogP contribution in [-0.4, -0.2) is 24.3 Å². The van der Waals surface area contributed by atoms with E-state index in [0.29, 0.717) is 11.4 Å². The van der Waals surface area contributed by atoms with Crippen LogP contribution in [0.2, 0.25) is 0 Å². The van der Waals surface area contributed by atoms with Gasteiger partial charge in [-0.3, -0.25) is 4.79 Å². The van der Waals surface area contributed by atoms with Crippen LogP contribution < -0.4 is 10.0 Å². The van der Waals surface area contributed by atoms with Crippen LogP contribution in [0, 0.1) is 12.8 Å². The summed E-state index contributed by atoms with van der Waals surface area (Å²) >= 11 is 0. The molecule has 0 unspecified atom stereocenters. The van der Waals surface area contributed by atoms with Gasteiger partial charge in [0.25, 0.3) is 10.0 Å². The van der Waals surface area contributed by atoms with Crippen LogP contribution >= 0.6 is 0 Å². The third-order valence-corrected chi connectivity index (χ3v) is 4.32. The molecule has 1 aromatic heterocycles. The number of aromatic nitrogens is 2. The molecule has 0 bridgehead atoms. The second-order valence-corrected chi connectivity index (χ2v) is 6.98. The number of aryl methyl sites for hydroxylation is 1. The van der Waals surface area contributed by atoms with Gasteiger partial charge in [-0.25, -0.2) is 23.1 Å². The summed E-state index contributed by atoms with van der Waals surface area (Å²) in [7, 11) is -3.78. The zero-order valence-corrected chi connectivity index (χ0v) is 13.9. The van der Waals surface area contributed by atoms with Crippen LogP contribution in [0.1, 0.15) is 19.5 Å². The number of hydrogen-bond donors (Lipinski definition) is 2. The number of anilines is 2. The summed E-state index contributed by atoms with van der Waals surface area (Å²) < 4.78 is 26.9. The number of hydrogen-bond acceptors (Lipinski definition) is 5. The Hall–Kier alpha value is -2.48. The van der Waals surface area contributed by atoms with Crippen molar-refractivity contribution in [1.29, 1.82) is 0 Å². The highest BCUT2D eigenvalue weighted by atomic mass is 32.2. The van der Waals surface area contributed by atoms with Gasteiger partial charge in [-0.15, -0.1) is 0 Å². The highest BCUT2D eigenvalue weighted by Crippen LogP contribution is 2.17. The molecule has 7 nitrogen and oxygen atoms in total. The summed E-state index contributed by atoms with van der Waals surface area (Å²) in [5.74, 6) is -0.271. The van der Waals surface area contributed by atoms with Crippen LogP contribution in [0.4, 0.5) is 11.6 Å². The van der Waals surface area contributed by atoms with Crippen LogP contribution in [0.3, 0.4) is 0 Å². The number of nitrogens with one attached hydrogen (secondary N) is 2. The van der Waals surface area contributed by atoms with Crippen molar-refractivity contribution in [2.45, 2.75) is 25.7 Å². The number of nitrogens with zero attached hydrogens (tertiary/aromatic N) is 2. The van der Waals surface area contributed by atoms with E-state index in [1.54, 1.807) is 26.8 Å². The molecule has 1 heterocycles. The van der Waals surface area contributed by atoms with E-state index in [0.717, 1.165) is 0 Å². The van der Waals surface area contributed by atoms with Crippen LogP contribution in [0.15, 0.2) is 41.4 Å². The Labute approximate surface area is 135 Å². The van der Waals surface area contributed by atoms with Gasteiger partial charge in [0.15, 0.2) is 0 Å². The first kappa shape index (κ1) is 16.9. The monoisotopic (exact) mass is 334 g/mol. The van der Waals surface area contributed by atoms with Crippen molar-refractivity contribution in [2.75, 3.05) is 10.0 Å². The molecule has 0 saturated carbocycles. The number of amides is 1. The zero-order chi connectivity index (χ0) is 17.0. The fraction of sp³-hybridized carbons (Fsp3) is 0.267. The molecule has 8 heteroatoms. The minimum Gasteiger partial charge on any atom is -0.326 e. The molecule has 23 heavy (non-hydrogen) atoms. The number of carbonyl (C=O) groups excluding carboxylic acids is 1. The Morgan fingerprint density at radius 2 is 1.78 bits per heavy atom. The van der Waals surface area contributed by atoms with Crippen molar-refractivity contribution in [3.63, 3.8) is 0 Å². The largest absolute Gasteiger partial charge is 0.326 e. The molecule has 0 fully saturated rings. The second-order valence-electron chi connectivity index (χ2n) is 5.30. The molecule has 0 saturated heterocycles. The second kappa shape index (κ2) is 6.74. The SMILES string of the molecule is Cc1ccnc(NS(=O)(=O)c2ccc(NC(=O)C(C)C)cc2)n1. The third kappa shape index (κ3) is 4.49. The minimum atomic E-state index is -3.78. The first-order valence-electron chi connectivity index (χ1n) is 7.01. The summed E-state index contributed by atoms with van der Waals surface area (Å²) in [6.07, 6.45) is 1.48. The first-order valence-corrected chi connectivity index (χ1v) is 8.49. The highest BCUT2D eigenvalue weighted by molar-refractivity contribution is 7.92. The van der Waals surface area contributed by atoms with Crippen molar-refractivity contribution in [1.82, 2.24) is 9.97 Å². The van der Waals surface area contributed by atoms with Gasteiger partial charge in [-0.1, -0.05) is 13.8 Å². The fourth-order valence-corrected chi connectivity index (χ4v) is 2.63. The summed E-state index contributed by atoms with van der Waals surface area (Å²) in [4.78, 5) is 19.5. The standard InChI is InChI=1S/C15H18N4O3S/c1-10(2)14(20)18-12-4-6-13(7-5-12)23(21,22)19-15-16-9-8-11(3)17-15/h4-10H,1-3H3,(H,18,20)(H,16,17,19). The first-order chi connectivity index (χ1) is 10.8. The average Bonchev–Trinajstić information content (AvgIpc) is 2.47. The van der Waals surface area contributed by atoms with E-state index in [1.807, 2.05) is 0 Å². The predicted molar refractivity (Wildman–Crippen MR) is 87.5 cm³/mol. The lowest BCUT2D eigenvalue weighted by Gasteiger charge is -2.09. The Morgan fingerprint density at radius 1 is 1.13 bits per heavy atom. The van der Waals surface area contributed by atoms with Crippen molar-refractivity contribution in [2.24, 2.45) is 5.92 Å². The Kier molecular flexibility index (Phi) is 4.95. The predicted octanol–water partition coefficient (Wildman–Crippen LogP) is 2.18. The normalized spacial score (nSPS) is 11.3. The van der Waals surface area contributed by atoms with E-state index in [2.05, 4.69) is 20.0 Å². The average molecular weight is 334 g/mol. The van der Waals surface area contributed by atoms with E-state index in [-0.39, 0.29) is 22.7 Å². The van der Waals surface area contributed by atoms with Crippen molar-refractivity contribution in [3.05, 3.63) is 42.2 Å². The van der Waals surface area contributed by atoms with Crippen molar-refractivity contribution >= 4 is 27.6 Å². The van der Waals surface area contributed by atoms with E-state index in [1.165, 1.54) is 30.5 Å². The lowest BCUT2D eigenvalue weighted by molar-refractivity contribution is -0.118. The van der Waals surface area contributed by atoms with E-state index in [9.17, 15) is 13.2 Å². The van der Waals surface area contributed by atoms with E-state index < -0.39 is 10.0 Å². The Morgan fingerprint density at radius 3 is 2.35 bits per heavy atom. The number of benzene rings is 1. The Balaban J connectivity index is 2.16. The van der Waals surface area contributed by atoms with Gasteiger partial charge in [-0.2, -0.15) is 0 Å². The molecular formula is C15H18N4O3S. The minimum absolute atomic E-state index is 0.0159. The molecule has 2 rings (SSSR count). The molecule has 0 atom stereocenters. The van der Waals surface area contributed by atoms with Gasteiger partial charge >= 0.3 is 0 Å². The van der Waals surface area contributed by atoms with Gasteiger partial charge in [0.1, 0.15) is 0 Å². The van der Waals surface area contributed by atoms with Gasteiger partial charge < -0.3 is 5.32 Å². The zero-order valence-electron chi connectivity index (χ0n) is 13.1. The lowest BCUT2D eigenvalue weighted by atomic mass is 10.2. The topological polar surface area (TPSA) is 101 Å². The smallest absolute Gasteiger partial charge is 0.264 e. The fourth-order valence-electron chi connectivity index (χ4n) is 1.68. The molecular weight excluding hydrogens is 316 g/mol. The molecule has 2 N–H and O–H groups in total. The number of carbonyl (C=O) groups is 1. The van der Waals surface area contributed by atoms with Gasteiger partial charge in [0.2, 0.25) is 11.9 Å². The van der Waals surface area contributed by atoms with Crippen LogP contribution in [0.25, 0.3) is 0 Å². The van der Waals surface area contributed by atoms with Crippen molar-refractivity contribution in [3.8, 4) is 0 Å². The van der Waals surface area contributed by atoms with Crippen LogP contribution in [-0.2, 0) is 14.8 Å². The molecule has 2 aromatic rings. The Bertz CT molecular complexity index is 802. The summed E-state index contributed by atoms with van der Waals surface area (Å²) in [6.45, 7) is 5.30. The molecule has 0 radical (unpaired) electrons. The number of sulfonamides is 1. The maximum Gasteiger partial charge on any atom is 0.264 e. The lowest BCUT2D eigenvalue weighted by Crippen LogP contribution is -2.18. The summed E-state index contributed by atoms with van der Waals surface area (Å²) in [5, 5.41) is 2.70. The molecule has 1 aromatic carbocycles. The van der Waals surface area contributed by atoms with Crippen LogP contribution in [0.5, 0.6) is 0 Å². The highest BCUT2D eigenvalue weighted by Gasteiger charge is 2.16. The molecule has 0 aliphatic carbocycles.